The van der Waals surface area contributed by atoms with E-state index in [1.54, 1.807) is 12.1 Å². The van der Waals surface area contributed by atoms with Crippen LogP contribution in [0.3, 0.4) is 0 Å². The van der Waals surface area contributed by atoms with Gasteiger partial charge in [0, 0.05) is 17.4 Å². The molecular weight excluding hydrogens is 429 g/mol. The molecule has 5 rings (SSSR count). The molecule has 0 aliphatic heterocycles. The largest absolute Gasteiger partial charge is 0.339 e. The smallest absolute Gasteiger partial charge is 0.144 e. The number of halogens is 2. The molecule has 31 heavy (non-hydrogen) atoms. The lowest BCUT2D eigenvalue weighted by Gasteiger charge is -2.10. The molecule has 0 radical (unpaired) electrons. The van der Waals surface area contributed by atoms with Gasteiger partial charge < -0.3 is 5.32 Å². The first-order chi connectivity index (χ1) is 15.1. The number of nitrogens with zero attached hydrogens (tertiary/aromatic N) is 2. The number of nitrogens with one attached hydrogen (secondary N) is 1. The zero-order valence-corrected chi connectivity index (χ0v) is 17.7. The zero-order valence-electron chi connectivity index (χ0n) is 16.1. The fourth-order valence-electron chi connectivity index (χ4n) is 3.45. The van der Waals surface area contributed by atoms with Gasteiger partial charge in [0.2, 0.25) is 0 Å². The van der Waals surface area contributed by atoms with E-state index >= 15 is 0 Å². The molecule has 0 saturated heterocycles. The van der Waals surface area contributed by atoms with E-state index in [-0.39, 0.29) is 5.02 Å². The maximum atomic E-state index is 13.6. The highest BCUT2D eigenvalue weighted by molar-refractivity contribution is 7.13. The maximum absolute atomic E-state index is 13.6. The molecule has 0 bridgehead atoms. The highest BCUT2D eigenvalue weighted by Gasteiger charge is 2.19. The summed E-state index contributed by atoms with van der Waals surface area (Å²) in [4.78, 5) is 5.79. The summed E-state index contributed by atoms with van der Waals surface area (Å²) in [6.07, 6.45) is 7.67. The number of anilines is 2. The van der Waals surface area contributed by atoms with Crippen LogP contribution < -0.4 is 5.32 Å². The number of pyridine rings is 1. The molecule has 6 heteroatoms. The van der Waals surface area contributed by atoms with E-state index in [4.69, 9.17) is 23.0 Å². The van der Waals surface area contributed by atoms with E-state index in [0.29, 0.717) is 5.69 Å². The highest BCUT2D eigenvalue weighted by atomic mass is 35.5. The van der Waals surface area contributed by atoms with Gasteiger partial charge in [-0.25, -0.2) is 9.37 Å². The average molecular weight is 444 g/mol. The predicted octanol–water partition coefficient (Wildman–Crippen LogP) is 7.25. The summed E-state index contributed by atoms with van der Waals surface area (Å²) in [6.45, 7) is 0. The number of imidazole rings is 1. The molecule has 3 aromatic heterocycles. The lowest BCUT2D eigenvalue weighted by Crippen LogP contribution is -1.97. The summed E-state index contributed by atoms with van der Waals surface area (Å²) < 4.78 is 15.6. The van der Waals surface area contributed by atoms with Crippen molar-refractivity contribution in [1.82, 2.24) is 9.38 Å². The van der Waals surface area contributed by atoms with Gasteiger partial charge in [0.15, 0.2) is 0 Å². The van der Waals surface area contributed by atoms with Crippen LogP contribution in [0.4, 0.5) is 15.9 Å². The number of terminal acetylenes is 1. The number of benzene rings is 2. The van der Waals surface area contributed by atoms with Crippen molar-refractivity contribution in [3.05, 3.63) is 94.7 Å². The lowest BCUT2D eigenvalue weighted by molar-refractivity contribution is 0.628. The Hall–Kier alpha value is -3.59. The first kappa shape index (κ1) is 19.4. The lowest BCUT2D eigenvalue weighted by atomic mass is 10.1. The van der Waals surface area contributed by atoms with Crippen LogP contribution in [0.2, 0.25) is 5.02 Å². The summed E-state index contributed by atoms with van der Waals surface area (Å²) in [5.41, 5.74) is 5.09. The van der Waals surface area contributed by atoms with Crippen molar-refractivity contribution >= 4 is 40.1 Å². The van der Waals surface area contributed by atoms with Crippen molar-refractivity contribution in [2.45, 2.75) is 0 Å². The van der Waals surface area contributed by atoms with Crippen LogP contribution in [0.5, 0.6) is 0 Å². The number of hydrogen-bond donors (Lipinski definition) is 1. The Balaban J connectivity index is 1.69. The van der Waals surface area contributed by atoms with E-state index in [2.05, 4.69) is 23.4 Å². The summed E-state index contributed by atoms with van der Waals surface area (Å²) in [6, 6.07) is 20.6. The Labute approximate surface area is 187 Å². The molecule has 0 unspecified atom stereocenters. The standard InChI is InChI=1S/C25H15ClFN3S/c1-2-16-11-13-31-24(16)23-25(28-19-8-9-21(27)20(26)15-19)30-12-10-18(14-22(30)29-23)17-6-4-3-5-7-17/h1,3-15,28H. The number of aromatic nitrogens is 2. The molecule has 0 aliphatic carbocycles. The minimum atomic E-state index is -0.467. The van der Waals surface area contributed by atoms with E-state index in [1.807, 2.05) is 52.4 Å². The fourth-order valence-corrected chi connectivity index (χ4v) is 4.48. The van der Waals surface area contributed by atoms with E-state index < -0.39 is 5.82 Å². The Morgan fingerprint density at radius 2 is 1.87 bits per heavy atom. The van der Waals surface area contributed by atoms with Crippen LogP contribution in [0.25, 0.3) is 27.3 Å². The van der Waals surface area contributed by atoms with Crippen LogP contribution in [-0.4, -0.2) is 9.38 Å². The first-order valence-electron chi connectivity index (χ1n) is 9.48. The average Bonchev–Trinajstić information content (AvgIpc) is 3.41. The minimum Gasteiger partial charge on any atom is -0.339 e. The van der Waals surface area contributed by atoms with Crippen molar-refractivity contribution in [3.63, 3.8) is 0 Å². The molecule has 3 heterocycles. The molecule has 1 N–H and O–H groups in total. The predicted molar refractivity (Wildman–Crippen MR) is 127 cm³/mol. The second kappa shape index (κ2) is 7.92. The fraction of sp³-hybridized carbons (Fsp3) is 0. The molecule has 0 spiro atoms. The SMILES string of the molecule is C#Cc1ccsc1-c1nc2cc(-c3ccccc3)ccn2c1Nc1ccc(F)c(Cl)c1. The molecular formula is C25H15ClFN3S. The van der Waals surface area contributed by atoms with Crippen molar-refractivity contribution in [2.24, 2.45) is 0 Å². The second-order valence-electron chi connectivity index (χ2n) is 6.88. The molecule has 0 atom stereocenters. The summed E-state index contributed by atoms with van der Waals surface area (Å²) in [5.74, 6) is 2.99. The van der Waals surface area contributed by atoms with Gasteiger partial charge in [-0.2, -0.15) is 0 Å². The van der Waals surface area contributed by atoms with Gasteiger partial charge in [0.25, 0.3) is 0 Å². The quantitative estimate of drug-likeness (QED) is 0.296. The van der Waals surface area contributed by atoms with Gasteiger partial charge in [0.05, 0.1) is 9.90 Å². The molecule has 5 aromatic rings. The third kappa shape index (κ3) is 3.57. The van der Waals surface area contributed by atoms with Gasteiger partial charge in [-0.15, -0.1) is 17.8 Å². The van der Waals surface area contributed by atoms with Gasteiger partial charge in [-0.1, -0.05) is 47.9 Å². The van der Waals surface area contributed by atoms with Crippen LogP contribution in [0.1, 0.15) is 5.56 Å². The third-order valence-electron chi connectivity index (χ3n) is 4.95. The first-order valence-corrected chi connectivity index (χ1v) is 10.7. The molecule has 0 fully saturated rings. The van der Waals surface area contributed by atoms with Gasteiger partial charge >= 0.3 is 0 Å². The van der Waals surface area contributed by atoms with Crippen molar-refractivity contribution in [2.75, 3.05) is 5.32 Å². The van der Waals surface area contributed by atoms with Crippen molar-refractivity contribution in [1.29, 1.82) is 0 Å². The van der Waals surface area contributed by atoms with Crippen LogP contribution in [-0.2, 0) is 0 Å². The number of rotatable bonds is 4. The zero-order chi connectivity index (χ0) is 21.4. The number of thiophene rings is 1. The third-order valence-corrected chi connectivity index (χ3v) is 6.16. The van der Waals surface area contributed by atoms with Gasteiger partial charge in [-0.3, -0.25) is 4.40 Å². The molecule has 2 aromatic carbocycles. The Kier molecular flexibility index (Phi) is 4.95. The molecule has 3 nitrogen and oxygen atoms in total. The van der Waals surface area contributed by atoms with Crippen molar-refractivity contribution in [3.8, 4) is 34.0 Å². The maximum Gasteiger partial charge on any atom is 0.144 e. The second-order valence-corrected chi connectivity index (χ2v) is 8.20. The van der Waals surface area contributed by atoms with E-state index in [1.165, 1.54) is 17.4 Å². The number of hydrogen-bond acceptors (Lipinski definition) is 3. The normalized spacial score (nSPS) is 10.9. The van der Waals surface area contributed by atoms with E-state index in [9.17, 15) is 4.39 Å². The monoisotopic (exact) mass is 443 g/mol. The van der Waals surface area contributed by atoms with Crippen molar-refractivity contribution < 1.29 is 4.39 Å². The highest BCUT2D eigenvalue weighted by Crippen LogP contribution is 2.37. The molecule has 0 saturated carbocycles. The Bertz CT molecular complexity index is 1450. The van der Waals surface area contributed by atoms with Gasteiger partial charge in [-0.05, 0) is 52.9 Å². The summed E-state index contributed by atoms with van der Waals surface area (Å²) in [5, 5.41) is 5.35. The summed E-state index contributed by atoms with van der Waals surface area (Å²) >= 11 is 7.51. The Morgan fingerprint density at radius 1 is 1.03 bits per heavy atom. The van der Waals surface area contributed by atoms with Gasteiger partial charge in [0.1, 0.15) is 23.0 Å². The van der Waals surface area contributed by atoms with Crippen LogP contribution in [0.15, 0.2) is 78.3 Å². The summed E-state index contributed by atoms with van der Waals surface area (Å²) in [7, 11) is 0. The van der Waals surface area contributed by atoms with Crippen LogP contribution >= 0.6 is 22.9 Å². The minimum absolute atomic E-state index is 0.0483. The molecule has 0 aliphatic rings. The Morgan fingerprint density at radius 3 is 2.65 bits per heavy atom. The molecule has 150 valence electrons. The van der Waals surface area contributed by atoms with Crippen LogP contribution in [0, 0.1) is 18.2 Å². The molecule has 0 amide bonds. The van der Waals surface area contributed by atoms with E-state index in [0.717, 1.165) is 38.7 Å². The number of fused-ring (bicyclic) bond motifs is 1. The topological polar surface area (TPSA) is 29.3 Å².